The molecule has 13 heavy (non-hydrogen) atoms. The smallest absolute Gasteiger partial charge is 0.407 e. The van der Waals surface area contributed by atoms with Crippen LogP contribution in [0.1, 0.15) is 26.7 Å². The molecule has 0 aromatic rings. The minimum Gasteiger partial charge on any atom is -0.449 e. The summed E-state index contributed by atoms with van der Waals surface area (Å²) in [6.07, 6.45) is 1.78. The van der Waals surface area contributed by atoms with E-state index < -0.39 is 0 Å². The standard InChI is InChI=1S/C9H18BrNO2/c1-3-4-5-11-9(12)13-7-8(2)6-10/h8H,3-7H2,1-2H3,(H,11,12). The van der Waals surface area contributed by atoms with Gasteiger partial charge in [-0.05, 0) is 6.42 Å². The van der Waals surface area contributed by atoms with Crippen LogP contribution in [0.15, 0.2) is 0 Å². The Kier molecular flexibility index (Phi) is 8.19. The third-order valence-corrected chi connectivity index (χ3v) is 2.67. The number of rotatable bonds is 6. The van der Waals surface area contributed by atoms with Gasteiger partial charge < -0.3 is 10.1 Å². The first-order valence-electron chi connectivity index (χ1n) is 4.67. The van der Waals surface area contributed by atoms with E-state index in [1.54, 1.807) is 0 Å². The number of ether oxygens (including phenoxy) is 1. The second-order valence-electron chi connectivity index (χ2n) is 3.14. The molecule has 78 valence electrons. The summed E-state index contributed by atoms with van der Waals surface area (Å²) in [6, 6.07) is 0. The summed E-state index contributed by atoms with van der Waals surface area (Å²) in [4.78, 5) is 11.0. The molecule has 0 aliphatic carbocycles. The Balaban J connectivity index is 3.30. The van der Waals surface area contributed by atoms with Crippen molar-refractivity contribution in [1.29, 1.82) is 0 Å². The topological polar surface area (TPSA) is 38.3 Å². The van der Waals surface area contributed by atoms with Crippen LogP contribution in [-0.2, 0) is 4.74 Å². The van der Waals surface area contributed by atoms with Gasteiger partial charge in [0.1, 0.15) is 0 Å². The van der Waals surface area contributed by atoms with Gasteiger partial charge in [0, 0.05) is 17.8 Å². The number of carbonyl (C=O) groups excluding carboxylic acids is 1. The Morgan fingerprint density at radius 3 is 2.85 bits per heavy atom. The molecule has 3 nitrogen and oxygen atoms in total. The van der Waals surface area contributed by atoms with Crippen LogP contribution < -0.4 is 5.32 Å². The van der Waals surface area contributed by atoms with Crippen molar-refractivity contribution in [2.75, 3.05) is 18.5 Å². The molecule has 1 unspecified atom stereocenters. The van der Waals surface area contributed by atoms with E-state index in [4.69, 9.17) is 4.74 Å². The lowest BCUT2D eigenvalue weighted by molar-refractivity contribution is 0.134. The van der Waals surface area contributed by atoms with E-state index >= 15 is 0 Å². The van der Waals surface area contributed by atoms with Crippen molar-refractivity contribution in [3.63, 3.8) is 0 Å². The zero-order chi connectivity index (χ0) is 10.1. The molecule has 0 spiro atoms. The van der Waals surface area contributed by atoms with Gasteiger partial charge in [0.15, 0.2) is 0 Å². The highest BCUT2D eigenvalue weighted by molar-refractivity contribution is 9.09. The van der Waals surface area contributed by atoms with E-state index in [9.17, 15) is 4.79 Å². The molecule has 0 aliphatic heterocycles. The van der Waals surface area contributed by atoms with Gasteiger partial charge in [0.05, 0.1) is 6.61 Å². The van der Waals surface area contributed by atoms with Gasteiger partial charge in [-0.1, -0.05) is 36.2 Å². The van der Waals surface area contributed by atoms with E-state index in [-0.39, 0.29) is 6.09 Å². The Bertz CT molecular complexity index is 142. The molecule has 0 aromatic carbocycles. The average molecular weight is 252 g/mol. The van der Waals surface area contributed by atoms with Gasteiger partial charge in [-0.25, -0.2) is 4.79 Å². The van der Waals surface area contributed by atoms with Crippen LogP contribution in [0, 0.1) is 5.92 Å². The number of unbranched alkanes of at least 4 members (excludes halogenated alkanes) is 1. The predicted molar refractivity (Wildman–Crippen MR) is 57.2 cm³/mol. The number of alkyl halides is 1. The van der Waals surface area contributed by atoms with E-state index in [2.05, 4.69) is 28.2 Å². The lowest BCUT2D eigenvalue weighted by Crippen LogP contribution is -2.27. The fourth-order valence-electron chi connectivity index (χ4n) is 0.681. The van der Waals surface area contributed by atoms with Gasteiger partial charge in [-0.3, -0.25) is 0 Å². The highest BCUT2D eigenvalue weighted by atomic mass is 79.9. The minimum absolute atomic E-state index is 0.304. The molecule has 0 rings (SSSR count). The first-order valence-corrected chi connectivity index (χ1v) is 5.79. The Labute approximate surface area is 88.4 Å². The molecular formula is C9H18BrNO2. The van der Waals surface area contributed by atoms with Gasteiger partial charge in [-0.15, -0.1) is 0 Å². The number of hydrogen-bond donors (Lipinski definition) is 1. The molecule has 4 heteroatoms. The van der Waals surface area contributed by atoms with Crippen LogP contribution in [0.3, 0.4) is 0 Å². The van der Waals surface area contributed by atoms with E-state index in [0.29, 0.717) is 19.1 Å². The third-order valence-electron chi connectivity index (χ3n) is 1.56. The molecule has 1 atom stereocenters. The highest BCUT2D eigenvalue weighted by Gasteiger charge is 2.04. The maximum atomic E-state index is 11.0. The van der Waals surface area contributed by atoms with Crippen LogP contribution in [0.2, 0.25) is 0 Å². The van der Waals surface area contributed by atoms with E-state index in [1.807, 2.05) is 6.92 Å². The first-order chi connectivity index (χ1) is 6.20. The van der Waals surface area contributed by atoms with E-state index in [1.165, 1.54) is 0 Å². The fraction of sp³-hybridized carbons (Fsp3) is 0.889. The van der Waals surface area contributed by atoms with Crippen molar-refractivity contribution in [3.8, 4) is 0 Å². The maximum absolute atomic E-state index is 11.0. The lowest BCUT2D eigenvalue weighted by atomic mass is 10.2. The van der Waals surface area contributed by atoms with E-state index in [0.717, 1.165) is 18.2 Å². The quantitative estimate of drug-likeness (QED) is 0.582. The normalized spacial score (nSPS) is 12.2. The van der Waals surface area contributed by atoms with Crippen molar-refractivity contribution < 1.29 is 9.53 Å². The molecule has 0 aromatic heterocycles. The molecule has 0 heterocycles. The number of nitrogens with one attached hydrogen (secondary N) is 1. The van der Waals surface area contributed by atoms with Crippen molar-refractivity contribution in [3.05, 3.63) is 0 Å². The largest absolute Gasteiger partial charge is 0.449 e. The second-order valence-corrected chi connectivity index (χ2v) is 3.79. The molecule has 0 bridgehead atoms. The summed E-state index contributed by atoms with van der Waals surface area (Å²) in [5.74, 6) is 0.372. The first kappa shape index (κ1) is 12.8. The SMILES string of the molecule is CCCCNC(=O)OCC(C)CBr. The summed E-state index contributed by atoms with van der Waals surface area (Å²) in [7, 11) is 0. The summed E-state index contributed by atoms with van der Waals surface area (Å²) < 4.78 is 4.96. The second kappa shape index (κ2) is 8.35. The number of amides is 1. The molecule has 0 aliphatic rings. The zero-order valence-corrected chi connectivity index (χ0v) is 9.89. The maximum Gasteiger partial charge on any atom is 0.407 e. The van der Waals surface area contributed by atoms with Crippen LogP contribution in [-0.4, -0.2) is 24.6 Å². The van der Waals surface area contributed by atoms with Gasteiger partial charge in [0.2, 0.25) is 0 Å². The van der Waals surface area contributed by atoms with Crippen molar-refractivity contribution in [2.24, 2.45) is 5.92 Å². The molecular weight excluding hydrogens is 234 g/mol. The Hall–Kier alpha value is -0.250. The number of hydrogen-bond acceptors (Lipinski definition) is 2. The van der Waals surface area contributed by atoms with Crippen LogP contribution in [0.5, 0.6) is 0 Å². The minimum atomic E-state index is -0.304. The van der Waals surface area contributed by atoms with Crippen molar-refractivity contribution in [2.45, 2.75) is 26.7 Å². The van der Waals surface area contributed by atoms with Gasteiger partial charge in [0.25, 0.3) is 0 Å². The number of alkyl carbamates (subject to hydrolysis) is 1. The Morgan fingerprint density at radius 2 is 2.31 bits per heavy atom. The summed E-state index contributed by atoms with van der Waals surface area (Å²) in [6.45, 7) is 5.29. The van der Waals surface area contributed by atoms with Crippen LogP contribution in [0.25, 0.3) is 0 Å². The number of carbonyl (C=O) groups is 1. The molecule has 0 saturated carbocycles. The fourth-order valence-corrected chi connectivity index (χ4v) is 0.868. The molecule has 1 amide bonds. The molecule has 1 N–H and O–H groups in total. The van der Waals surface area contributed by atoms with Crippen molar-refractivity contribution in [1.82, 2.24) is 5.32 Å². The summed E-state index contributed by atoms with van der Waals surface area (Å²) in [5.41, 5.74) is 0. The summed E-state index contributed by atoms with van der Waals surface area (Å²) in [5, 5.41) is 3.54. The van der Waals surface area contributed by atoms with Gasteiger partial charge in [-0.2, -0.15) is 0 Å². The Morgan fingerprint density at radius 1 is 1.62 bits per heavy atom. The molecule has 0 radical (unpaired) electrons. The summed E-state index contributed by atoms with van der Waals surface area (Å²) >= 11 is 3.32. The number of halogens is 1. The molecule has 0 fully saturated rings. The van der Waals surface area contributed by atoms with Crippen LogP contribution in [0.4, 0.5) is 4.79 Å². The predicted octanol–water partition coefficient (Wildman–Crippen LogP) is 2.54. The average Bonchev–Trinajstić information content (AvgIpc) is 2.14. The lowest BCUT2D eigenvalue weighted by Gasteiger charge is -2.09. The van der Waals surface area contributed by atoms with Crippen LogP contribution >= 0.6 is 15.9 Å². The molecule has 0 saturated heterocycles. The van der Waals surface area contributed by atoms with Crippen molar-refractivity contribution >= 4 is 22.0 Å². The highest BCUT2D eigenvalue weighted by Crippen LogP contribution is 2.00. The van der Waals surface area contributed by atoms with Gasteiger partial charge >= 0.3 is 6.09 Å². The monoisotopic (exact) mass is 251 g/mol. The zero-order valence-electron chi connectivity index (χ0n) is 8.31. The third kappa shape index (κ3) is 8.09.